The van der Waals surface area contributed by atoms with Gasteiger partial charge in [0.1, 0.15) is 4.21 Å². The molecule has 0 radical (unpaired) electrons. The van der Waals surface area contributed by atoms with E-state index in [0.717, 1.165) is 11.3 Å². The van der Waals surface area contributed by atoms with E-state index in [1.165, 1.54) is 15.8 Å². The minimum atomic E-state index is -3.62. The van der Waals surface area contributed by atoms with Crippen LogP contribution in [0.4, 0.5) is 0 Å². The van der Waals surface area contributed by atoms with Gasteiger partial charge in [-0.15, -0.1) is 11.3 Å². The molecular weight excluding hydrogens is 278 g/mol. The molecule has 1 fully saturated rings. The fourth-order valence-corrected chi connectivity index (χ4v) is 4.63. The minimum absolute atomic E-state index is 0.000475. The summed E-state index contributed by atoms with van der Waals surface area (Å²) in [6, 6.07) is 0.962. The Morgan fingerprint density at radius 1 is 1.61 bits per heavy atom. The van der Waals surface area contributed by atoms with E-state index in [-0.39, 0.29) is 15.8 Å². The van der Waals surface area contributed by atoms with Crippen LogP contribution >= 0.6 is 11.3 Å². The van der Waals surface area contributed by atoms with E-state index in [9.17, 15) is 13.2 Å². The van der Waals surface area contributed by atoms with Gasteiger partial charge in [0.25, 0.3) is 10.0 Å². The molecule has 2 heterocycles. The number of sulfonamides is 1. The second-order valence-corrected chi connectivity index (χ2v) is 7.03. The molecular formula is C10H13NO5S2. The molecule has 0 saturated carbocycles. The van der Waals surface area contributed by atoms with Crippen molar-refractivity contribution in [1.82, 2.24) is 4.31 Å². The van der Waals surface area contributed by atoms with Crippen molar-refractivity contribution in [2.75, 3.05) is 19.8 Å². The van der Waals surface area contributed by atoms with E-state index in [4.69, 9.17) is 9.84 Å². The molecule has 0 aromatic carbocycles. The summed E-state index contributed by atoms with van der Waals surface area (Å²) in [6.07, 6.45) is 0. The van der Waals surface area contributed by atoms with E-state index in [2.05, 4.69) is 0 Å². The summed E-state index contributed by atoms with van der Waals surface area (Å²) in [7, 11) is -3.62. The molecule has 0 aliphatic carbocycles. The molecule has 1 aromatic heterocycles. The van der Waals surface area contributed by atoms with Crippen LogP contribution in [-0.4, -0.2) is 49.6 Å². The molecule has 0 amide bonds. The Kier molecular flexibility index (Phi) is 3.71. The summed E-state index contributed by atoms with van der Waals surface area (Å²) in [5.41, 5.74) is -0.000475. The molecule has 100 valence electrons. The summed E-state index contributed by atoms with van der Waals surface area (Å²) in [4.78, 5) is 10.8. The third kappa shape index (κ3) is 2.41. The van der Waals surface area contributed by atoms with Gasteiger partial charge >= 0.3 is 5.97 Å². The number of carboxylic acids is 1. The fourth-order valence-electron chi connectivity index (χ4n) is 1.75. The van der Waals surface area contributed by atoms with Crippen LogP contribution in [-0.2, 0) is 14.8 Å². The number of nitrogens with zero attached hydrogens (tertiary/aromatic N) is 1. The van der Waals surface area contributed by atoms with Crippen molar-refractivity contribution in [2.45, 2.75) is 17.2 Å². The Morgan fingerprint density at radius 2 is 2.33 bits per heavy atom. The lowest BCUT2D eigenvalue weighted by Crippen LogP contribution is -2.46. The Balaban J connectivity index is 2.31. The second-order valence-electron chi connectivity index (χ2n) is 4.00. The van der Waals surface area contributed by atoms with Gasteiger partial charge in [0.15, 0.2) is 0 Å². The Morgan fingerprint density at radius 3 is 2.89 bits per heavy atom. The number of ether oxygens (including phenoxy) is 1. The van der Waals surface area contributed by atoms with Crippen molar-refractivity contribution in [1.29, 1.82) is 0 Å². The molecule has 1 saturated heterocycles. The van der Waals surface area contributed by atoms with Crippen molar-refractivity contribution in [3.8, 4) is 0 Å². The van der Waals surface area contributed by atoms with Gasteiger partial charge in [-0.2, -0.15) is 4.31 Å². The van der Waals surface area contributed by atoms with Gasteiger partial charge in [-0.05, 0) is 13.0 Å². The molecule has 0 bridgehead atoms. The van der Waals surface area contributed by atoms with E-state index < -0.39 is 16.0 Å². The predicted octanol–water partition coefficient (Wildman–Crippen LogP) is 0.856. The molecule has 6 nitrogen and oxygen atoms in total. The van der Waals surface area contributed by atoms with Crippen molar-refractivity contribution >= 4 is 27.3 Å². The number of hydrogen-bond donors (Lipinski definition) is 1. The average Bonchev–Trinajstić information content (AvgIpc) is 2.79. The first-order chi connectivity index (χ1) is 8.43. The highest BCUT2D eigenvalue weighted by Crippen LogP contribution is 2.26. The van der Waals surface area contributed by atoms with Gasteiger partial charge < -0.3 is 9.84 Å². The lowest BCUT2D eigenvalue weighted by atomic mass is 10.3. The first-order valence-electron chi connectivity index (χ1n) is 5.34. The number of carboxylic acid groups (broad SMARTS) is 1. The zero-order chi connectivity index (χ0) is 13.3. The van der Waals surface area contributed by atoms with Crippen LogP contribution in [0.25, 0.3) is 0 Å². The molecule has 18 heavy (non-hydrogen) atoms. The zero-order valence-corrected chi connectivity index (χ0v) is 11.3. The van der Waals surface area contributed by atoms with E-state index in [0.29, 0.717) is 19.8 Å². The number of thiophene rings is 1. The van der Waals surface area contributed by atoms with Crippen molar-refractivity contribution in [3.63, 3.8) is 0 Å². The standard InChI is InChI=1S/C10H13NO5S2/c1-7-5-16-3-2-11(7)18(14,15)9-4-8(6-17-9)10(12)13/h4,6-7H,2-3,5H2,1H3,(H,12,13)/t7-/m1/s1. The van der Waals surface area contributed by atoms with Gasteiger partial charge in [0.05, 0.1) is 18.8 Å². The fraction of sp³-hybridized carbons (Fsp3) is 0.500. The number of hydrogen-bond acceptors (Lipinski definition) is 5. The highest BCUT2D eigenvalue weighted by Gasteiger charge is 2.32. The summed E-state index contributed by atoms with van der Waals surface area (Å²) in [5, 5.41) is 10.1. The van der Waals surface area contributed by atoms with Crippen LogP contribution in [0, 0.1) is 0 Å². The third-order valence-electron chi connectivity index (χ3n) is 2.69. The summed E-state index contributed by atoms with van der Waals surface area (Å²) >= 11 is 0.929. The Bertz CT molecular complexity index is 550. The molecule has 1 N–H and O–H groups in total. The second kappa shape index (κ2) is 4.96. The molecule has 8 heteroatoms. The minimum Gasteiger partial charge on any atom is -0.478 e. The molecule has 0 spiro atoms. The lowest BCUT2D eigenvalue weighted by Gasteiger charge is -2.31. The van der Waals surface area contributed by atoms with Gasteiger partial charge in [0.2, 0.25) is 0 Å². The quantitative estimate of drug-likeness (QED) is 0.892. The topological polar surface area (TPSA) is 83.9 Å². The summed E-state index contributed by atoms with van der Waals surface area (Å²) in [5.74, 6) is -1.12. The average molecular weight is 291 g/mol. The third-order valence-corrected chi connectivity index (χ3v) is 6.12. The Hall–Kier alpha value is -0.960. The number of morpholine rings is 1. The van der Waals surface area contributed by atoms with Crippen LogP contribution in [0.3, 0.4) is 0 Å². The highest BCUT2D eigenvalue weighted by molar-refractivity contribution is 7.91. The molecule has 1 aliphatic rings. The molecule has 1 atom stereocenters. The summed E-state index contributed by atoms with van der Waals surface area (Å²) in [6.45, 7) is 2.78. The number of carbonyl (C=O) groups is 1. The van der Waals surface area contributed by atoms with Crippen LogP contribution in [0.15, 0.2) is 15.7 Å². The van der Waals surface area contributed by atoms with Crippen LogP contribution in [0.5, 0.6) is 0 Å². The van der Waals surface area contributed by atoms with E-state index in [1.807, 2.05) is 0 Å². The van der Waals surface area contributed by atoms with Gasteiger partial charge in [0, 0.05) is 18.0 Å². The normalized spacial score (nSPS) is 21.9. The van der Waals surface area contributed by atoms with E-state index >= 15 is 0 Å². The maximum absolute atomic E-state index is 12.3. The maximum atomic E-state index is 12.3. The number of aromatic carboxylic acids is 1. The van der Waals surface area contributed by atoms with Gasteiger partial charge in [-0.1, -0.05) is 0 Å². The van der Waals surface area contributed by atoms with Gasteiger partial charge in [-0.3, -0.25) is 0 Å². The monoisotopic (exact) mass is 291 g/mol. The predicted molar refractivity (Wildman–Crippen MR) is 65.5 cm³/mol. The lowest BCUT2D eigenvalue weighted by molar-refractivity contribution is 0.0393. The summed E-state index contributed by atoms with van der Waals surface area (Å²) < 4.78 is 31.3. The zero-order valence-electron chi connectivity index (χ0n) is 9.70. The maximum Gasteiger partial charge on any atom is 0.336 e. The van der Waals surface area contributed by atoms with Gasteiger partial charge in [-0.25, -0.2) is 13.2 Å². The van der Waals surface area contributed by atoms with Crippen molar-refractivity contribution < 1.29 is 23.1 Å². The largest absolute Gasteiger partial charge is 0.478 e. The van der Waals surface area contributed by atoms with E-state index in [1.54, 1.807) is 6.92 Å². The molecule has 1 aromatic rings. The SMILES string of the molecule is C[C@@H]1COCCN1S(=O)(=O)c1cc(C(=O)O)cs1. The molecule has 2 rings (SSSR count). The smallest absolute Gasteiger partial charge is 0.336 e. The first kappa shape index (κ1) is 13.5. The first-order valence-corrected chi connectivity index (χ1v) is 7.66. The highest BCUT2D eigenvalue weighted by atomic mass is 32.2. The van der Waals surface area contributed by atoms with Crippen LogP contribution in [0.2, 0.25) is 0 Å². The molecule has 1 aliphatic heterocycles. The Labute approximate surface area is 109 Å². The van der Waals surface area contributed by atoms with Crippen LogP contribution in [0.1, 0.15) is 17.3 Å². The molecule has 0 unspecified atom stereocenters. The van der Waals surface area contributed by atoms with Crippen molar-refractivity contribution in [2.24, 2.45) is 0 Å². The number of rotatable bonds is 3. The van der Waals surface area contributed by atoms with Crippen molar-refractivity contribution in [3.05, 3.63) is 17.0 Å². The van der Waals surface area contributed by atoms with Crippen LogP contribution < -0.4 is 0 Å².